The first kappa shape index (κ1) is 33.8. The number of carbonyl (C=O) groups excluding carboxylic acids is 2. The van der Waals surface area contributed by atoms with Crippen molar-refractivity contribution in [1.82, 2.24) is 19.2 Å². The van der Waals surface area contributed by atoms with Crippen LogP contribution in [0, 0.1) is 12.7 Å². The maximum Gasteiger partial charge on any atom is 0.417 e. The number of imidazole rings is 1. The monoisotopic (exact) mass is 676 g/mol. The molecule has 3 heterocycles. The summed E-state index contributed by atoms with van der Waals surface area (Å²) in [6, 6.07) is 10.6. The van der Waals surface area contributed by atoms with E-state index in [-0.39, 0.29) is 36.7 Å². The molecule has 4 aromatic rings. The number of likely N-dealkylation sites (N-methyl/N-ethyl adjacent to an activating group) is 1. The molecule has 0 radical (unpaired) electrons. The minimum atomic E-state index is -4.73. The van der Waals surface area contributed by atoms with Crippen molar-refractivity contribution < 1.29 is 41.4 Å². The summed E-state index contributed by atoms with van der Waals surface area (Å²) in [5.74, 6) is -0.897. The fourth-order valence-corrected chi connectivity index (χ4v) is 5.70. The van der Waals surface area contributed by atoms with Crippen molar-refractivity contribution in [3.8, 4) is 22.9 Å². The Kier molecular flexibility index (Phi) is 9.06. The van der Waals surface area contributed by atoms with Crippen molar-refractivity contribution in [2.75, 3.05) is 33.9 Å². The smallest absolute Gasteiger partial charge is 0.417 e. The number of rotatable bonds is 7. The number of carbonyl (C=O) groups is 2. The highest BCUT2D eigenvalue weighted by molar-refractivity contribution is 6.33. The van der Waals surface area contributed by atoms with Crippen LogP contribution < -0.4 is 9.47 Å². The van der Waals surface area contributed by atoms with E-state index in [9.17, 15) is 27.2 Å². The van der Waals surface area contributed by atoms with E-state index in [0.717, 1.165) is 6.07 Å². The molecule has 0 saturated carbocycles. The molecule has 1 unspecified atom stereocenters. The number of halogens is 5. The van der Waals surface area contributed by atoms with Gasteiger partial charge in [-0.15, -0.1) is 0 Å². The molecule has 1 atom stereocenters. The van der Waals surface area contributed by atoms with Crippen LogP contribution in [0.25, 0.3) is 16.9 Å². The number of nitrogens with zero attached hydrogens (tertiary/aromatic N) is 4. The summed E-state index contributed by atoms with van der Waals surface area (Å²) in [6.45, 7) is 6.44. The number of aryl methyl sites for hydroxylation is 1. The molecule has 14 heteroatoms. The van der Waals surface area contributed by atoms with Crippen molar-refractivity contribution in [2.24, 2.45) is 0 Å². The number of fused-ring (bicyclic) bond motifs is 2. The van der Waals surface area contributed by atoms with Crippen molar-refractivity contribution in [3.05, 3.63) is 81.8 Å². The molecule has 2 amide bonds. The van der Waals surface area contributed by atoms with Crippen LogP contribution in [0.3, 0.4) is 0 Å². The third kappa shape index (κ3) is 6.67. The first-order valence-electron chi connectivity index (χ1n) is 14.6. The average molecular weight is 677 g/mol. The molecule has 5 rings (SSSR count). The van der Waals surface area contributed by atoms with Crippen molar-refractivity contribution >= 4 is 29.2 Å². The van der Waals surface area contributed by atoms with Crippen LogP contribution in [-0.4, -0.2) is 70.6 Å². The lowest BCUT2D eigenvalue weighted by Gasteiger charge is -2.31. The lowest BCUT2D eigenvalue weighted by Crippen LogP contribution is -2.43. The summed E-state index contributed by atoms with van der Waals surface area (Å²) in [5, 5.41) is -0.615. The maximum absolute atomic E-state index is 14.7. The molecule has 250 valence electrons. The van der Waals surface area contributed by atoms with E-state index in [2.05, 4.69) is 4.98 Å². The molecule has 0 bridgehead atoms. The van der Waals surface area contributed by atoms with Gasteiger partial charge in [-0.25, -0.2) is 14.2 Å². The summed E-state index contributed by atoms with van der Waals surface area (Å²) in [7, 11) is 2.96. The molecule has 0 spiro atoms. The Balaban J connectivity index is 1.64. The zero-order chi connectivity index (χ0) is 34.4. The quantitative estimate of drug-likeness (QED) is 0.188. The zero-order valence-electron chi connectivity index (χ0n) is 26.5. The Labute approximate surface area is 273 Å². The minimum Gasteiger partial charge on any atom is -0.489 e. The van der Waals surface area contributed by atoms with Crippen LogP contribution in [0.15, 0.2) is 48.5 Å². The van der Waals surface area contributed by atoms with Crippen LogP contribution in [0.2, 0.25) is 5.02 Å². The Hall–Kier alpha value is -4.52. The highest BCUT2D eigenvalue weighted by atomic mass is 35.5. The molecule has 1 aliphatic rings. The number of benzene rings is 2. The van der Waals surface area contributed by atoms with Gasteiger partial charge in [0.2, 0.25) is 0 Å². The van der Waals surface area contributed by atoms with E-state index in [4.69, 9.17) is 25.8 Å². The van der Waals surface area contributed by atoms with Gasteiger partial charge in [0.1, 0.15) is 29.4 Å². The van der Waals surface area contributed by atoms with E-state index in [0.29, 0.717) is 28.3 Å². The molecular weight excluding hydrogens is 644 g/mol. The predicted molar refractivity (Wildman–Crippen MR) is 166 cm³/mol. The van der Waals surface area contributed by atoms with Gasteiger partial charge < -0.3 is 24.0 Å². The van der Waals surface area contributed by atoms with E-state index in [1.54, 1.807) is 56.4 Å². The third-order valence-corrected chi connectivity index (χ3v) is 8.02. The minimum absolute atomic E-state index is 0.0114. The molecular formula is C33H33ClF4N4O5. The van der Waals surface area contributed by atoms with E-state index in [1.807, 2.05) is 0 Å². The number of aromatic nitrogens is 2. The second-order valence-electron chi connectivity index (χ2n) is 12.1. The van der Waals surface area contributed by atoms with Crippen molar-refractivity contribution in [1.29, 1.82) is 0 Å². The molecule has 2 aromatic carbocycles. The predicted octanol–water partition coefficient (Wildman–Crippen LogP) is 7.57. The Bertz CT molecular complexity index is 1850. The van der Waals surface area contributed by atoms with Crippen LogP contribution in [0.4, 0.5) is 22.4 Å². The summed E-state index contributed by atoms with van der Waals surface area (Å²) in [4.78, 5) is 34.8. The summed E-state index contributed by atoms with van der Waals surface area (Å²) in [6.07, 6.45) is -5.36. The number of pyridine rings is 1. The molecule has 0 saturated heterocycles. The number of alkyl halides is 3. The number of amides is 2. The van der Waals surface area contributed by atoms with Gasteiger partial charge in [-0.2, -0.15) is 13.2 Å². The third-order valence-electron chi connectivity index (χ3n) is 7.65. The highest BCUT2D eigenvalue weighted by Crippen LogP contribution is 2.47. The summed E-state index contributed by atoms with van der Waals surface area (Å²) < 4.78 is 73.6. The van der Waals surface area contributed by atoms with Crippen LogP contribution in [0.1, 0.15) is 54.0 Å². The first-order chi connectivity index (χ1) is 22.0. The second-order valence-corrected chi connectivity index (χ2v) is 12.5. The maximum atomic E-state index is 14.7. The highest BCUT2D eigenvalue weighted by Gasteiger charge is 2.41. The van der Waals surface area contributed by atoms with Crippen molar-refractivity contribution in [2.45, 2.75) is 45.5 Å². The topological polar surface area (TPSA) is 85.6 Å². The zero-order valence-corrected chi connectivity index (χ0v) is 27.3. The number of methoxy groups -OCH3 is 1. The molecule has 1 aliphatic heterocycles. The van der Waals surface area contributed by atoms with Crippen LogP contribution >= 0.6 is 11.6 Å². The van der Waals surface area contributed by atoms with Gasteiger partial charge in [-0.3, -0.25) is 9.20 Å². The normalized spacial score (nSPS) is 14.5. The van der Waals surface area contributed by atoms with E-state index in [1.165, 1.54) is 42.2 Å². The van der Waals surface area contributed by atoms with Gasteiger partial charge in [0, 0.05) is 31.3 Å². The lowest BCUT2D eigenvalue weighted by molar-refractivity contribution is -0.137. The van der Waals surface area contributed by atoms with Gasteiger partial charge in [0.15, 0.2) is 11.6 Å². The molecule has 0 N–H and O–H groups in total. The molecule has 47 heavy (non-hydrogen) atoms. The van der Waals surface area contributed by atoms with Gasteiger partial charge in [0.25, 0.3) is 5.91 Å². The molecule has 0 fully saturated rings. The fraction of sp³-hybridized carbons (Fsp3) is 0.364. The molecule has 0 aliphatic carbocycles. The van der Waals surface area contributed by atoms with Gasteiger partial charge in [0.05, 0.1) is 29.4 Å². The Morgan fingerprint density at radius 3 is 2.47 bits per heavy atom. The van der Waals surface area contributed by atoms with Gasteiger partial charge in [-0.05, 0) is 69.7 Å². The second kappa shape index (κ2) is 12.6. The standard InChI is InChI=1S/C33H33ClF4N4O5/c1-18-16-19(10-13-22(18)35)28-27(39-24-8-7-9-25(45-6)42(24)28)30(43)41(15-14-40(5)31(44)47-32(2,3)4)23-17-46-29-20(23)11-12-21(26(29)34)33(36,37)38/h7-13,16,23H,14-15,17H2,1-6H3. The van der Waals surface area contributed by atoms with Gasteiger partial charge >= 0.3 is 12.3 Å². The van der Waals surface area contributed by atoms with Crippen molar-refractivity contribution in [3.63, 3.8) is 0 Å². The number of hydrogen-bond acceptors (Lipinski definition) is 6. The number of ether oxygens (including phenoxy) is 3. The molecule has 2 aromatic heterocycles. The Morgan fingerprint density at radius 2 is 1.83 bits per heavy atom. The first-order valence-corrected chi connectivity index (χ1v) is 15.0. The van der Waals surface area contributed by atoms with Crippen LogP contribution in [-0.2, 0) is 10.9 Å². The Morgan fingerprint density at radius 1 is 1.11 bits per heavy atom. The average Bonchev–Trinajstić information content (AvgIpc) is 3.60. The van der Waals surface area contributed by atoms with E-state index < -0.39 is 46.2 Å². The molecule has 9 nitrogen and oxygen atoms in total. The van der Waals surface area contributed by atoms with Crippen LogP contribution in [0.5, 0.6) is 11.6 Å². The number of hydrogen-bond donors (Lipinski definition) is 0. The SMILES string of the molecule is COc1cccc2nc(C(=O)N(CCN(C)C(=O)OC(C)(C)C)C3COc4c3ccc(C(F)(F)F)c4Cl)c(-c3ccc(F)c(C)c3)n12. The summed E-state index contributed by atoms with van der Waals surface area (Å²) in [5.41, 5.74) is -0.154. The van der Waals surface area contributed by atoms with E-state index >= 15 is 0 Å². The summed E-state index contributed by atoms with van der Waals surface area (Å²) >= 11 is 6.18. The fourth-order valence-electron chi connectivity index (χ4n) is 5.36. The van der Waals surface area contributed by atoms with Gasteiger partial charge in [-0.1, -0.05) is 23.7 Å². The lowest BCUT2D eigenvalue weighted by atomic mass is 10.0. The largest absolute Gasteiger partial charge is 0.489 e.